The number of thiophene rings is 1. The Morgan fingerprint density at radius 1 is 1.27 bits per heavy atom. The Morgan fingerprint density at radius 2 is 2.00 bits per heavy atom. The number of benzene rings is 1. The Morgan fingerprint density at radius 3 is 2.68 bits per heavy atom. The average Bonchev–Trinajstić information content (AvgIpc) is 2.89. The second-order valence-corrected chi connectivity index (χ2v) is 5.40. The normalized spacial score (nSPS) is 11.8. The third-order valence-corrected chi connectivity index (χ3v) is 3.84. The van der Waals surface area contributed by atoms with E-state index in [0.29, 0.717) is 5.39 Å². The van der Waals surface area contributed by atoms with Crippen LogP contribution in [-0.2, 0) is 14.3 Å². The summed E-state index contributed by atoms with van der Waals surface area (Å²) >= 11 is 1.12. The summed E-state index contributed by atoms with van der Waals surface area (Å²) < 4.78 is 23.1. The van der Waals surface area contributed by atoms with E-state index in [0.717, 1.165) is 23.1 Å². The fraction of sp³-hybridized carbons (Fsp3) is 0.214. The molecule has 0 aliphatic carbocycles. The van der Waals surface area contributed by atoms with Crippen molar-refractivity contribution < 1.29 is 28.2 Å². The van der Waals surface area contributed by atoms with E-state index >= 15 is 0 Å². The number of imide groups is 1. The van der Waals surface area contributed by atoms with E-state index in [1.807, 2.05) is 5.32 Å². The molecule has 0 saturated heterocycles. The van der Waals surface area contributed by atoms with Crippen molar-refractivity contribution in [3.05, 3.63) is 35.0 Å². The molecule has 6 nitrogen and oxygen atoms in total. The number of carbonyl (C=O) groups excluding carboxylic acids is 3. The van der Waals surface area contributed by atoms with Gasteiger partial charge in [-0.15, -0.1) is 11.3 Å². The van der Waals surface area contributed by atoms with Crippen molar-refractivity contribution in [2.75, 3.05) is 7.11 Å². The predicted molar refractivity (Wildman–Crippen MR) is 77.2 cm³/mol. The molecule has 1 atom stereocenters. The van der Waals surface area contributed by atoms with Crippen LogP contribution in [0.2, 0.25) is 0 Å². The second-order valence-electron chi connectivity index (χ2n) is 4.32. The number of fused-ring (bicyclic) bond motifs is 1. The molecule has 0 saturated carbocycles. The van der Waals surface area contributed by atoms with Crippen LogP contribution in [0.25, 0.3) is 10.1 Å². The topological polar surface area (TPSA) is 81.7 Å². The van der Waals surface area contributed by atoms with Crippen molar-refractivity contribution in [2.24, 2.45) is 0 Å². The summed E-state index contributed by atoms with van der Waals surface area (Å²) in [5.74, 6) is -1.93. The van der Waals surface area contributed by atoms with Gasteiger partial charge in [0.25, 0.3) is 5.91 Å². The number of ether oxygens (including phenoxy) is 2. The Bertz CT molecular complexity index is 742. The van der Waals surface area contributed by atoms with Crippen LogP contribution in [0.15, 0.2) is 24.3 Å². The first kappa shape index (κ1) is 15.9. The number of hydrogen-bond donors (Lipinski definition) is 1. The van der Waals surface area contributed by atoms with E-state index in [4.69, 9.17) is 4.74 Å². The summed E-state index contributed by atoms with van der Waals surface area (Å²) in [5, 5.41) is 2.47. The number of methoxy groups -OCH3 is 1. The van der Waals surface area contributed by atoms with Gasteiger partial charge < -0.3 is 9.47 Å². The van der Waals surface area contributed by atoms with Crippen LogP contribution in [0.4, 0.5) is 9.18 Å². The van der Waals surface area contributed by atoms with Gasteiger partial charge in [-0.25, -0.2) is 14.0 Å². The van der Waals surface area contributed by atoms with Gasteiger partial charge in [0.2, 0.25) is 0 Å². The lowest BCUT2D eigenvalue weighted by atomic mass is 10.2. The minimum atomic E-state index is -1.17. The fourth-order valence-electron chi connectivity index (χ4n) is 1.64. The number of esters is 1. The highest BCUT2D eigenvalue weighted by atomic mass is 32.1. The van der Waals surface area contributed by atoms with Gasteiger partial charge in [0.15, 0.2) is 6.10 Å². The smallest absolute Gasteiger partial charge is 0.413 e. The lowest BCUT2D eigenvalue weighted by molar-refractivity contribution is -0.128. The highest BCUT2D eigenvalue weighted by molar-refractivity contribution is 7.20. The zero-order chi connectivity index (χ0) is 16.3. The van der Waals surface area contributed by atoms with Gasteiger partial charge in [-0.1, -0.05) is 0 Å². The van der Waals surface area contributed by atoms with Crippen molar-refractivity contribution in [2.45, 2.75) is 13.0 Å². The van der Waals surface area contributed by atoms with Crippen molar-refractivity contribution in [3.63, 3.8) is 0 Å². The van der Waals surface area contributed by atoms with E-state index in [9.17, 15) is 18.8 Å². The Kier molecular flexibility index (Phi) is 4.71. The standard InChI is InChI=1S/C14H12FNO5S/c1-7(12(17)16-14(19)20-2)21-13(18)11-6-8-5-9(15)3-4-10(8)22-11/h3-7H,1-2H3,(H,16,17,19)/t7-/m0/s1. The number of carbonyl (C=O) groups is 3. The monoisotopic (exact) mass is 325 g/mol. The van der Waals surface area contributed by atoms with Crippen LogP contribution in [0, 0.1) is 5.82 Å². The van der Waals surface area contributed by atoms with Gasteiger partial charge in [0.05, 0.1) is 7.11 Å². The van der Waals surface area contributed by atoms with Gasteiger partial charge >= 0.3 is 12.1 Å². The number of halogens is 1. The molecular formula is C14H12FNO5S. The predicted octanol–water partition coefficient (Wildman–Crippen LogP) is 2.47. The fourth-order valence-corrected chi connectivity index (χ4v) is 2.57. The highest BCUT2D eigenvalue weighted by Gasteiger charge is 2.22. The molecule has 1 aromatic heterocycles. The molecule has 2 aromatic rings. The summed E-state index contributed by atoms with van der Waals surface area (Å²) in [5.41, 5.74) is 0. The summed E-state index contributed by atoms with van der Waals surface area (Å²) in [6.45, 7) is 1.32. The van der Waals surface area contributed by atoms with Gasteiger partial charge in [-0.3, -0.25) is 10.1 Å². The first-order valence-electron chi connectivity index (χ1n) is 6.19. The minimum absolute atomic E-state index is 0.235. The molecule has 0 aliphatic heterocycles. The number of rotatable bonds is 3. The zero-order valence-electron chi connectivity index (χ0n) is 11.7. The molecule has 0 unspecified atom stereocenters. The molecule has 1 N–H and O–H groups in total. The number of nitrogens with one attached hydrogen (secondary N) is 1. The SMILES string of the molecule is COC(=O)NC(=O)[C@H](C)OC(=O)c1cc2cc(F)ccc2s1. The van der Waals surface area contributed by atoms with Crippen molar-refractivity contribution in [1.82, 2.24) is 5.32 Å². The molecule has 0 spiro atoms. The molecule has 1 heterocycles. The van der Waals surface area contributed by atoms with Gasteiger partial charge in [-0.2, -0.15) is 0 Å². The molecule has 0 bridgehead atoms. The van der Waals surface area contributed by atoms with Crippen LogP contribution in [0.3, 0.4) is 0 Å². The summed E-state index contributed by atoms with van der Waals surface area (Å²) in [6.07, 6.45) is -2.11. The first-order chi connectivity index (χ1) is 10.4. The number of amides is 2. The number of hydrogen-bond acceptors (Lipinski definition) is 6. The van der Waals surface area contributed by atoms with Gasteiger partial charge in [0.1, 0.15) is 10.7 Å². The minimum Gasteiger partial charge on any atom is -0.453 e. The molecule has 2 rings (SSSR count). The van der Waals surface area contributed by atoms with Crippen molar-refractivity contribution >= 4 is 39.4 Å². The summed E-state index contributed by atoms with van der Waals surface area (Å²) in [4.78, 5) is 34.7. The molecule has 2 amide bonds. The lowest BCUT2D eigenvalue weighted by Gasteiger charge is -2.11. The van der Waals surface area contributed by atoms with E-state index in [-0.39, 0.29) is 4.88 Å². The molecule has 0 radical (unpaired) electrons. The largest absolute Gasteiger partial charge is 0.453 e. The third-order valence-electron chi connectivity index (χ3n) is 2.74. The van der Waals surface area contributed by atoms with Crippen LogP contribution < -0.4 is 5.32 Å². The maximum absolute atomic E-state index is 13.1. The van der Waals surface area contributed by atoms with Crippen molar-refractivity contribution in [1.29, 1.82) is 0 Å². The van der Waals surface area contributed by atoms with E-state index in [1.54, 1.807) is 6.07 Å². The molecule has 0 fully saturated rings. The first-order valence-corrected chi connectivity index (χ1v) is 7.01. The van der Waals surface area contributed by atoms with Crippen LogP contribution in [0.5, 0.6) is 0 Å². The Labute approximate surface area is 128 Å². The molecule has 22 heavy (non-hydrogen) atoms. The zero-order valence-corrected chi connectivity index (χ0v) is 12.5. The van der Waals surface area contributed by atoms with Gasteiger partial charge in [0, 0.05) is 4.70 Å². The average molecular weight is 325 g/mol. The summed E-state index contributed by atoms with van der Waals surface area (Å²) in [6, 6.07) is 5.63. The van der Waals surface area contributed by atoms with E-state index in [2.05, 4.69) is 4.74 Å². The maximum Gasteiger partial charge on any atom is 0.413 e. The lowest BCUT2D eigenvalue weighted by Crippen LogP contribution is -2.39. The molecule has 1 aromatic carbocycles. The molecule has 116 valence electrons. The van der Waals surface area contributed by atoms with Crippen LogP contribution in [0.1, 0.15) is 16.6 Å². The highest BCUT2D eigenvalue weighted by Crippen LogP contribution is 2.27. The summed E-state index contributed by atoms with van der Waals surface area (Å²) in [7, 11) is 1.11. The molecule has 0 aliphatic rings. The quantitative estimate of drug-likeness (QED) is 0.877. The van der Waals surface area contributed by atoms with Crippen LogP contribution >= 0.6 is 11.3 Å². The Hall–Kier alpha value is -2.48. The van der Waals surface area contributed by atoms with Gasteiger partial charge in [-0.05, 0) is 36.6 Å². The number of alkyl carbamates (subject to hydrolysis) is 1. The van der Waals surface area contributed by atoms with Crippen molar-refractivity contribution in [3.8, 4) is 0 Å². The maximum atomic E-state index is 13.1. The van der Waals surface area contributed by atoms with Crippen LogP contribution in [-0.4, -0.2) is 31.2 Å². The van der Waals surface area contributed by atoms with E-state index in [1.165, 1.54) is 25.1 Å². The Balaban J connectivity index is 2.07. The second kappa shape index (κ2) is 6.52. The third kappa shape index (κ3) is 3.59. The molecular weight excluding hydrogens is 313 g/mol. The molecule has 8 heteroatoms. The van der Waals surface area contributed by atoms with E-state index < -0.39 is 29.9 Å².